The van der Waals surface area contributed by atoms with Crippen molar-refractivity contribution in [1.82, 2.24) is 0 Å². The summed E-state index contributed by atoms with van der Waals surface area (Å²) >= 11 is 0. The molecule has 1 heterocycles. The summed E-state index contributed by atoms with van der Waals surface area (Å²) in [6, 6.07) is 17.2. The Hall–Kier alpha value is -0.260. The van der Waals surface area contributed by atoms with Gasteiger partial charge in [0, 0.05) is 0 Å². The molecule has 0 atom stereocenters. The van der Waals surface area contributed by atoms with E-state index in [4.69, 9.17) is 0 Å². The zero-order valence-corrected chi connectivity index (χ0v) is 11.0. The molecule has 0 nitrogen and oxygen atoms in total. The third-order valence-corrected chi connectivity index (χ3v) is 3.60. The maximum absolute atomic E-state index is 2.21. The second-order valence-electron chi connectivity index (χ2n) is 3.15. The van der Waals surface area contributed by atoms with E-state index in [1.807, 2.05) is 0 Å². The Morgan fingerprint density at radius 1 is 0.643 bits per heavy atom. The maximum atomic E-state index is 2.21. The molecule has 0 saturated carbocycles. The minimum absolute atomic E-state index is 0. The number of benzene rings is 2. The second-order valence-corrected chi connectivity index (χ2v) is 4.33. The van der Waals surface area contributed by atoms with Crippen LogP contribution in [-0.2, 0) is 0 Å². The van der Waals surface area contributed by atoms with Gasteiger partial charge in [-0.15, -0.1) is 0 Å². The standard InChI is InChI=1S/C12H8P.Na/c1-3-7-11-9(5-1)10-6-2-4-8-12(10)13-11;/h1-8H;/q-1;+1. The summed E-state index contributed by atoms with van der Waals surface area (Å²) in [4.78, 5) is 0. The van der Waals surface area contributed by atoms with Gasteiger partial charge in [0.2, 0.25) is 0 Å². The molecule has 2 heteroatoms. The summed E-state index contributed by atoms with van der Waals surface area (Å²) in [6.45, 7) is 0. The first-order valence-electron chi connectivity index (χ1n) is 4.35. The molecule has 0 spiro atoms. The van der Waals surface area contributed by atoms with Crippen LogP contribution in [-0.4, -0.2) is 0 Å². The first kappa shape index (κ1) is 10.3. The molecule has 62 valence electrons. The minimum Gasteiger partial charge on any atom is -0.514 e. The van der Waals surface area contributed by atoms with Gasteiger partial charge in [-0.1, -0.05) is 48.5 Å². The molecule has 1 aromatic heterocycles. The van der Waals surface area contributed by atoms with E-state index in [-0.39, 0.29) is 29.6 Å². The fraction of sp³-hybridized carbons (Fsp3) is 0. The Kier molecular flexibility index (Phi) is 2.99. The minimum atomic E-state index is 0. The van der Waals surface area contributed by atoms with Crippen molar-refractivity contribution in [1.29, 1.82) is 0 Å². The van der Waals surface area contributed by atoms with Crippen LogP contribution in [0.25, 0.3) is 21.0 Å². The Bertz CT molecular complexity index is 518. The SMILES string of the molecule is [Na+].c1ccc2c(c1)[p-]c1ccccc12. The Morgan fingerprint density at radius 3 is 1.57 bits per heavy atom. The topological polar surface area (TPSA) is 0 Å². The van der Waals surface area contributed by atoms with Gasteiger partial charge in [-0.2, -0.15) is 10.2 Å². The van der Waals surface area contributed by atoms with Gasteiger partial charge in [0.15, 0.2) is 0 Å². The Balaban J connectivity index is 0.000000750. The zero-order chi connectivity index (χ0) is 8.67. The Labute approximate surface area is 107 Å². The largest absolute Gasteiger partial charge is 1.00 e. The summed E-state index contributed by atoms with van der Waals surface area (Å²) in [5.74, 6) is 0. The molecule has 0 amide bonds. The molecule has 0 bridgehead atoms. The number of rotatable bonds is 0. The van der Waals surface area contributed by atoms with Crippen molar-refractivity contribution in [3.8, 4) is 0 Å². The van der Waals surface area contributed by atoms with Crippen LogP contribution in [0, 0.1) is 0 Å². The van der Waals surface area contributed by atoms with E-state index in [1.54, 1.807) is 0 Å². The average molecular weight is 206 g/mol. The molecular formula is C12H8NaP. The van der Waals surface area contributed by atoms with Crippen molar-refractivity contribution in [3.05, 3.63) is 48.5 Å². The average Bonchev–Trinajstić information content (AvgIpc) is 2.56. The van der Waals surface area contributed by atoms with Crippen LogP contribution >= 0.6 is 8.19 Å². The van der Waals surface area contributed by atoms with Gasteiger partial charge in [-0.3, -0.25) is 0 Å². The molecule has 0 aliphatic rings. The van der Waals surface area contributed by atoms with Crippen LogP contribution in [0.2, 0.25) is 0 Å². The van der Waals surface area contributed by atoms with E-state index in [1.165, 1.54) is 29.2 Å². The first-order chi connectivity index (χ1) is 6.45. The Morgan fingerprint density at radius 2 is 1.07 bits per heavy atom. The van der Waals surface area contributed by atoms with Gasteiger partial charge in [-0.05, 0) is 10.8 Å². The summed E-state index contributed by atoms with van der Waals surface area (Å²) in [5, 5.41) is 5.67. The van der Waals surface area contributed by atoms with Crippen molar-refractivity contribution >= 4 is 29.2 Å². The zero-order valence-electron chi connectivity index (χ0n) is 8.07. The van der Waals surface area contributed by atoms with Crippen LogP contribution < -0.4 is 29.6 Å². The quantitative estimate of drug-likeness (QED) is 0.486. The summed E-state index contributed by atoms with van der Waals surface area (Å²) < 4.78 is 0. The van der Waals surface area contributed by atoms with Crippen molar-refractivity contribution in [2.75, 3.05) is 0 Å². The molecule has 0 aliphatic heterocycles. The van der Waals surface area contributed by atoms with Crippen LogP contribution in [0.1, 0.15) is 0 Å². The van der Waals surface area contributed by atoms with Gasteiger partial charge < -0.3 is 8.19 Å². The van der Waals surface area contributed by atoms with Crippen molar-refractivity contribution in [2.45, 2.75) is 0 Å². The number of hydrogen-bond donors (Lipinski definition) is 0. The van der Waals surface area contributed by atoms with E-state index >= 15 is 0 Å². The van der Waals surface area contributed by atoms with Crippen LogP contribution in [0.3, 0.4) is 0 Å². The normalized spacial score (nSPS) is 10.3. The van der Waals surface area contributed by atoms with Crippen molar-refractivity contribution in [2.24, 2.45) is 0 Å². The van der Waals surface area contributed by atoms with Crippen LogP contribution in [0.5, 0.6) is 0 Å². The molecule has 0 unspecified atom stereocenters. The molecule has 0 radical (unpaired) electrons. The number of fused-ring (bicyclic) bond motifs is 3. The van der Waals surface area contributed by atoms with Crippen molar-refractivity contribution in [3.63, 3.8) is 0 Å². The van der Waals surface area contributed by atoms with E-state index < -0.39 is 0 Å². The third-order valence-electron chi connectivity index (χ3n) is 2.34. The van der Waals surface area contributed by atoms with Gasteiger partial charge in [0.25, 0.3) is 0 Å². The molecule has 0 aliphatic carbocycles. The summed E-state index contributed by atoms with van der Waals surface area (Å²) in [6.07, 6.45) is 0. The molecule has 0 fully saturated rings. The predicted molar refractivity (Wildman–Crippen MR) is 59.6 cm³/mol. The predicted octanol–water partition coefficient (Wildman–Crippen LogP) is 1.30. The van der Waals surface area contributed by atoms with E-state index in [0.717, 1.165) is 0 Å². The molecule has 0 N–H and O–H groups in total. The van der Waals surface area contributed by atoms with E-state index in [0.29, 0.717) is 0 Å². The third kappa shape index (κ3) is 1.53. The molecule has 3 rings (SSSR count). The fourth-order valence-corrected chi connectivity index (χ4v) is 2.94. The molecule has 14 heavy (non-hydrogen) atoms. The van der Waals surface area contributed by atoms with Crippen LogP contribution in [0.4, 0.5) is 0 Å². The molecule has 3 aromatic rings. The number of hydrogen-bond acceptors (Lipinski definition) is 0. The molecular weight excluding hydrogens is 198 g/mol. The first-order valence-corrected chi connectivity index (χ1v) is 5.25. The van der Waals surface area contributed by atoms with Gasteiger partial charge in [0.05, 0.1) is 0 Å². The monoisotopic (exact) mass is 206 g/mol. The smallest absolute Gasteiger partial charge is 0.514 e. The van der Waals surface area contributed by atoms with Crippen LogP contribution in [0.15, 0.2) is 48.5 Å². The van der Waals surface area contributed by atoms with Gasteiger partial charge in [0.1, 0.15) is 0 Å². The summed E-state index contributed by atoms with van der Waals surface area (Å²) in [5.41, 5.74) is 0. The fourth-order valence-electron chi connectivity index (χ4n) is 1.73. The van der Waals surface area contributed by atoms with Gasteiger partial charge in [-0.25, -0.2) is 0 Å². The van der Waals surface area contributed by atoms with E-state index in [9.17, 15) is 0 Å². The maximum Gasteiger partial charge on any atom is 1.00 e. The summed E-state index contributed by atoms with van der Waals surface area (Å²) in [7, 11) is 1.36. The second kappa shape index (κ2) is 4.08. The van der Waals surface area contributed by atoms with Crippen molar-refractivity contribution < 1.29 is 29.6 Å². The molecule has 2 aromatic carbocycles. The van der Waals surface area contributed by atoms with E-state index in [2.05, 4.69) is 48.5 Å². The molecule has 0 saturated heterocycles. The van der Waals surface area contributed by atoms with Gasteiger partial charge >= 0.3 is 29.6 Å².